The number of benzene rings is 2. The number of hydrogen-bond acceptors (Lipinski definition) is 3. The zero-order valence-electron chi connectivity index (χ0n) is 15.7. The number of fused-ring (bicyclic) bond motifs is 1. The maximum Gasteiger partial charge on any atom is 0.247 e. The molecule has 1 aromatic heterocycles. The summed E-state index contributed by atoms with van der Waals surface area (Å²) in [4.78, 5) is 19.3. The van der Waals surface area contributed by atoms with Crippen LogP contribution in [0, 0.1) is 5.82 Å². The Morgan fingerprint density at radius 3 is 2.61 bits per heavy atom. The molecule has 0 N–H and O–H groups in total. The third-order valence-electron chi connectivity index (χ3n) is 5.24. The minimum atomic E-state index is -0.268. The molecule has 4 nitrogen and oxygen atoms in total. The monoisotopic (exact) mass is 378 g/mol. The number of para-hydroxylation sites is 2. The van der Waals surface area contributed by atoms with Gasteiger partial charge in [-0.1, -0.05) is 43.5 Å². The molecule has 4 rings (SSSR count). The smallest absolute Gasteiger partial charge is 0.247 e. The highest BCUT2D eigenvalue weighted by atomic mass is 19.1. The molecule has 28 heavy (non-hydrogen) atoms. The average molecular weight is 378 g/mol. The second-order valence-corrected chi connectivity index (χ2v) is 7.24. The summed E-state index contributed by atoms with van der Waals surface area (Å²) in [5, 5.41) is 0. The summed E-state index contributed by atoms with van der Waals surface area (Å²) in [5.41, 5.74) is 2.39. The van der Waals surface area contributed by atoms with Crippen molar-refractivity contribution >= 4 is 23.1 Å². The number of rotatable bonds is 5. The minimum Gasteiger partial charge on any atom is -0.437 e. The quantitative estimate of drug-likeness (QED) is 0.563. The summed E-state index contributed by atoms with van der Waals surface area (Å²) in [7, 11) is 0. The van der Waals surface area contributed by atoms with Gasteiger partial charge in [0.1, 0.15) is 11.3 Å². The molecule has 0 saturated heterocycles. The number of halogens is 1. The maximum atomic E-state index is 13.2. The minimum absolute atomic E-state index is 0.0709. The van der Waals surface area contributed by atoms with Gasteiger partial charge in [0.2, 0.25) is 11.8 Å². The van der Waals surface area contributed by atoms with E-state index in [0.29, 0.717) is 18.0 Å². The van der Waals surface area contributed by atoms with E-state index in [1.165, 1.54) is 24.6 Å². The summed E-state index contributed by atoms with van der Waals surface area (Å²) in [6.07, 6.45) is 8.65. The topological polar surface area (TPSA) is 46.3 Å². The van der Waals surface area contributed by atoms with Gasteiger partial charge >= 0.3 is 0 Å². The fourth-order valence-corrected chi connectivity index (χ4v) is 3.77. The first kappa shape index (κ1) is 18.4. The van der Waals surface area contributed by atoms with Gasteiger partial charge in [0.05, 0.1) is 0 Å². The fraction of sp³-hybridized carbons (Fsp3) is 0.304. The van der Waals surface area contributed by atoms with Gasteiger partial charge in [-0.25, -0.2) is 9.37 Å². The van der Waals surface area contributed by atoms with Crippen LogP contribution in [0.25, 0.3) is 17.2 Å². The molecule has 1 amide bonds. The molecule has 144 valence electrons. The van der Waals surface area contributed by atoms with Crippen molar-refractivity contribution < 1.29 is 13.6 Å². The molecule has 0 spiro atoms. The SMILES string of the molecule is O=C(C=Cc1nc2ccccc2o1)N(Cc1ccc(F)cc1)C1CCCCC1. The molecule has 0 aliphatic heterocycles. The zero-order chi connectivity index (χ0) is 19.3. The molecule has 1 fully saturated rings. The predicted octanol–water partition coefficient (Wildman–Crippen LogP) is 5.34. The third-order valence-corrected chi connectivity index (χ3v) is 5.24. The Bertz CT molecular complexity index is 939. The molecule has 5 heteroatoms. The van der Waals surface area contributed by atoms with Crippen LogP contribution in [-0.4, -0.2) is 21.8 Å². The summed E-state index contributed by atoms with van der Waals surface area (Å²) in [6, 6.07) is 14.1. The lowest BCUT2D eigenvalue weighted by Gasteiger charge is -2.34. The van der Waals surface area contributed by atoms with E-state index in [9.17, 15) is 9.18 Å². The van der Waals surface area contributed by atoms with E-state index in [-0.39, 0.29) is 17.8 Å². The van der Waals surface area contributed by atoms with E-state index in [1.54, 1.807) is 18.2 Å². The number of aromatic nitrogens is 1. The molecule has 3 aromatic rings. The van der Waals surface area contributed by atoms with Crippen LogP contribution in [0.15, 0.2) is 59.0 Å². The molecule has 0 unspecified atom stereocenters. The van der Waals surface area contributed by atoms with Crippen LogP contribution in [0.2, 0.25) is 0 Å². The van der Waals surface area contributed by atoms with Gasteiger partial charge in [0.25, 0.3) is 0 Å². The number of hydrogen-bond donors (Lipinski definition) is 0. The van der Waals surface area contributed by atoms with Gasteiger partial charge in [-0.15, -0.1) is 0 Å². The second-order valence-electron chi connectivity index (χ2n) is 7.24. The van der Waals surface area contributed by atoms with Crippen LogP contribution in [-0.2, 0) is 11.3 Å². The summed E-state index contributed by atoms with van der Waals surface area (Å²) >= 11 is 0. The van der Waals surface area contributed by atoms with Crippen molar-refractivity contribution in [3.8, 4) is 0 Å². The van der Waals surface area contributed by atoms with Crippen molar-refractivity contribution in [2.45, 2.75) is 44.7 Å². The van der Waals surface area contributed by atoms with Gasteiger partial charge < -0.3 is 9.32 Å². The van der Waals surface area contributed by atoms with E-state index < -0.39 is 0 Å². The van der Waals surface area contributed by atoms with Crippen LogP contribution >= 0.6 is 0 Å². The van der Waals surface area contributed by atoms with Crippen LogP contribution in [0.5, 0.6) is 0 Å². The Balaban J connectivity index is 1.53. The van der Waals surface area contributed by atoms with Gasteiger partial charge in [-0.05, 0) is 42.7 Å². The van der Waals surface area contributed by atoms with Crippen molar-refractivity contribution in [2.24, 2.45) is 0 Å². The molecule has 1 aliphatic carbocycles. The first-order chi connectivity index (χ1) is 13.7. The highest BCUT2D eigenvalue weighted by Crippen LogP contribution is 2.25. The van der Waals surface area contributed by atoms with Gasteiger partial charge in [0.15, 0.2) is 5.58 Å². The molecule has 0 radical (unpaired) electrons. The Labute approximate surface area is 163 Å². The average Bonchev–Trinajstić information content (AvgIpc) is 3.15. The van der Waals surface area contributed by atoms with Crippen LogP contribution in [0.1, 0.15) is 43.6 Å². The fourth-order valence-electron chi connectivity index (χ4n) is 3.77. The normalized spacial score (nSPS) is 15.3. The Hall–Kier alpha value is -2.95. The highest BCUT2D eigenvalue weighted by Gasteiger charge is 2.24. The standard InChI is InChI=1S/C23H23FN2O2/c24-18-12-10-17(11-13-18)16-26(19-6-2-1-3-7-19)23(27)15-14-22-25-20-8-4-5-9-21(20)28-22/h4-5,8-15,19H,1-3,6-7,16H2. The van der Waals surface area contributed by atoms with Crippen LogP contribution in [0.4, 0.5) is 4.39 Å². The van der Waals surface area contributed by atoms with Crippen molar-refractivity contribution in [1.82, 2.24) is 9.88 Å². The largest absolute Gasteiger partial charge is 0.437 e. The molecule has 0 bridgehead atoms. The van der Waals surface area contributed by atoms with E-state index in [2.05, 4.69) is 4.98 Å². The summed E-state index contributed by atoms with van der Waals surface area (Å²) in [6.45, 7) is 0.474. The van der Waals surface area contributed by atoms with Gasteiger partial charge in [-0.2, -0.15) is 0 Å². The first-order valence-electron chi connectivity index (χ1n) is 9.78. The number of amides is 1. The molecule has 1 aliphatic rings. The lowest BCUT2D eigenvalue weighted by molar-refractivity contribution is -0.129. The third kappa shape index (κ3) is 4.30. The van der Waals surface area contributed by atoms with E-state index in [1.807, 2.05) is 29.2 Å². The Kier molecular flexibility index (Phi) is 5.51. The van der Waals surface area contributed by atoms with Crippen LogP contribution in [0.3, 0.4) is 0 Å². The first-order valence-corrected chi connectivity index (χ1v) is 9.78. The van der Waals surface area contributed by atoms with Crippen LogP contribution < -0.4 is 0 Å². The lowest BCUT2D eigenvalue weighted by atomic mass is 9.93. The van der Waals surface area contributed by atoms with Gasteiger partial charge in [-0.3, -0.25) is 4.79 Å². The molecule has 1 heterocycles. The maximum absolute atomic E-state index is 13.2. The van der Waals surface area contributed by atoms with Gasteiger partial charge in [0, 0.05) is 24.7 Å². The van der Waals surface area contributed by atoms with Crippen molar-refractivity contribution in [2.75, 3.05) is 0 Å². The summed E-state index contributed by atoms with van der Waals surface area (Å²) in [5.74, 6) is 0.0774. The van der Waals surface area contributed by atoms with Crippen molar-refractivity contribution in [3.63, 3.8) is 0 Å². The highest BCUT2D eigenvalue weighted by molar-refractivity contribution is 5.91. The zero-order valence-corrected chi connectivity index (χ0v) is 15.7. The van der Waals surface area contributed by atoms with Crippen molar-refractivity contribution in [3.05, 3.63) is 71.9 Å². The lowest BCUT2D eigenvalue weighted by Crippen LogP contribution is -2.40. The van der Waals surface area contributed by atoms with E-state index in [0.717, 1.165) is 36.8 Å². The molecular formula is C23H23FN2O2. The number of nitrogens with zero attached hydrogens (tertiary/aromatic N) is 2. The molecule has 1 saturated carbocycles. The molecule has 0 atom stereocenters. The Morgan fingerprint density at radius 2 is 1.86 bits per heavy atom. The second kappa shape index (κ2) is 8.38. The molecule has 2 aromatic carbocycles. The summed E-state index contributed by atoms with van der Waals surface area (Å²) < 4.78 is 18.9. The van der Waals surface area contributed by atoms with E-state index in [4.69, 9.17) is 4.42 Å². The molecular weight excluding hydrogens is 355 g/mol. The number of carbonyl (C=O) groups excluding carboxylic acids is 1. The predicted molar refractivity (Wildman–Crippen MR) is 107 cm³/mol. The number of oxazole rings is 1. The number of carbonyl (C=O) groups is 1. The van der Waals surface area contributed by atoms with E-state index >= 15 is 0 Å². The Morgan fingerprint density at radius 1 is 1.11 bits per heavy atom. The van der Waals surface area contributed by atoms with Crippen molar-refractivity contribution in [1.29, 1.82) is 0 Å².